The molecule has 0 radical (unpaired) electrons. The normalized spacial score (nSPS) is 17.2. The lowest BCUT2D eigenvalue weighted by Crippen LogP contribution is -2.29. The zero-order valence-corrected chi connectivity index (χ0v) is 8.59. The van der Waals surface area contributed by atoms with Gasteiger partial charge in [0.2, 0.25) is 0 Å². The molecule has 72 valence electrons. The average Bonchev–Trinajstić information content (AvgIpc) is 2.45. The third-order valence-electron chi connectivity index (χ3n) is 2.51. The summed E-state index contributed by atoms with van der Waals surface area (Å²) in [4.78, 5) is 4.42. The molecule has 0 amide bonds. The van der Waals surface area contributed by atoms with Gasteiger partial charge in [-0.2, -0.15) is 0 Å². The molecule has 1 N–H and O–H groups in total. The maximum atomic E-state index is 4.42. The van der Waals surface area contributed by atoms with Gasteiger partial charge in [-0.1, -0.05) is 0 Å². The van der Waals surface area contributed by atoms with Crippen LogP contribution in [0.25, 0.3) is 0 Å². The van der Waals surface area contributed by atoms with Crippen molar-refractivity contribution in [3.05, 3.63) is 17.7 Å². The summed E-state index contributed by atoms with van der Waals surface area (Å²) >= 11 is 0. The smallest absolute Gasteiger partial charge is 0.0957 e. The van der Waals surface area contributed by atoms with Crippen LogP contribution < -0.4 is 5.32 Å². The Labute approximate surface area is 79.2 Å². The van der Waals surface area contributed by atoms with Crippen molar-refractivity contribution < 1.29 is 0 Å². The number of hydrogen-bond acceptors (Lipinski definition) is 2. The SMILES string of the molecule is CC(C)(C)n1cnc2c1CCNC2. The quantitative estimate of drug-likeness (QED) is 0.650. The van der Waals surface area contributed by atoms with Crippen molar-refractivity contribution >= 4 is 0 Å². The molecule has 0 atom stereocenters. The van der Waals surface area contributed by atoms with E-state index in [0.29, 0.717) is 0 Å². The molecule has 0 spiro atoms. The molecule has 3 nitrogen and oxygen atoms in total. The van der Waals surface area contributed by atoms with Crippen LogP contribution in [-0.4, -0.2) is 16.1 Å². The van der Waals surface area contributed by atoms with Crippen molar-refractivity contribution in [3.8, 4) is 0 Å². The molecule has 0 bridgehead atoms. The molecule has 0 aromatic carbocycles. The molecule has 13 heavy (non-hydrogen) atoms. The van der Waals surface area contributed by atoms with E-state index in [9.17, 15) is 0 Å². The molecule has 0 aliphatic carbocycles. The summed E-state index contributed by atoms with van der Waals surface area (Å²) in [6.07, 6.45) is 3.07. The van der Waals surface area contributed by atoms with Crippen LogP contribution in [0, 0.1) is 0 Å². The molecule has 1 aliphatic rings. The lowest BCUT2D eigenvalue weighted by molar-refractivity contribution is 0.379. The Kier molecular flexibility index (Phi) is 1.91. The summed E-state index contributed by atoms with van der Waals surface area (Å²) in [5, 5.41) is 3.33. The average molecular weight is 179 g/mol. The number of aromatic nitrogens is 2. The molecule has 0 saturated heterocycles. The van der Waals surface area contributed by atoms with Crippen molar-refractivity contribution in [2.75, 3.05) is 6.54 Å². The van der Waals surface area contributed by atoms with Gasteiger partial charge in [0.15, 0.2) is 0 Å². The zero-order valence-electron chi connectivity index (χ0n) is 8.59. The van der Waals surface area contributed by atoms with Gasteiger partial charge in [0, 0.05) is 30.7 Å². The minimum Gasteiger partial charge on any atom is -0.329 e. The highest BCUT2D eigenvalue weighted by Gasteiger charge is 2.21. The van der Waals surface area contributed by atoms with Crippen LogP contribution in [0.3, 0.4) is 0 Å². The first-order valence-electron chi connectivity index (χ1n) is 4.85. The molecule has 2 rings (SSSR count). The molecule has 0 fully saturated rings. The van der Waals surface area contributed by atoms with Crippen molar-refractivity contribution in [3.63, 3.8) is 0 Å². The summed E-state index contributed by atoms with van der Waals surface area (Å²) in [6, 6.07) is 0. The van der Waals surface area contributed by atoms with E-state index in [1.807, 2.05) is 6.33 Å². The third-order valence-corrected chi connectivity index (χ3v) is 2.51. The molecule has 0 unspecified atom stereocenters. The first-order valence-corrected chi connectivity index (χ1v) is 4.85. The van der Waals surface area contributed by atoms with Gasteiger partial charge in [-0.15, -0.1) is 0 Å². The van der Waals surface area contributed by atoms with Crippen molar-refractivity contribution in [1.82, 2.24) is 14.9 Å². The minimum absolute atomic E-state index is 0.165. The first kappa shape index (κ1) is 8.75. The second-order valence-electron chi connectivity index (χ2n) is 4.61. The van der Waals surface area contributed by atoms with E-state index < -0.39 is 0 Å². The Bertz CT molecular complexity index is 306. The summed E-state index contributed by atoms with van der Waals surface area (Å²) in [6.45, 7) is 8.66. The van der Waals surface area contributed by atoms with Crippen LogP contribution in [0.4, 0.5) is 0 Å². The molecular formula is C10H17N3. The minimum atomic E-state index is 0.165. The summed E-state index contributed by atoms with van der Waals surface area (Å²) in [5.41, 5.74) is 2.80. The van der Waals surface area contributed by atoms with Crippen LogP contribution in [0.2, 0.25) is 0 Å². The van der Waals surface area contributed by atoms with Crippen molar-refractivity contribution in [2.24, 2.45) is 0 Å². The number of imidazole rings is 1. The van der Waals surface area contributed by atoms with Crippen LogP contribution in [0.15, 0.2) is 6.33 Å². The van der Waals surface area contributed by atoms with Gasteiger partial charge in [-0.05, 0) is 20.8 Å². The second kappa shape index (κ2) is 2.84. The van der Waals surface area contributed by atoms with Gasteiger partial charge in [-0.3, -0.25) is 0 Å². The highest BCUT2D eigenvalue weighted by molar-refractivity contribution is 5.17. The van der Waals surface area contributed by atoms with E-state index in [4.69, 9.17) is 0 Å². The second-order valence-corrected chi connectivity index (χ2v) is 4.61. The fourth-order valence-electron chi connectivity index (χ4n) is 1.81. The molecule has 1 aliphatic heterocycles. The third kappa shape index (κ3) is 1.48. The number of hydrogen-bond donors (Lipinski definition) is 1. The first-order chi connectivity index (χ1) is 6.09. The number of fused-ring (bicyclic) bond motifs is 1. The molecule has 0 saturated carbocycles. The Balaban J connectivity index is 2.43. The predicted molar refractivity (Wildman–Crippen MR) is 52.6 cm³/mol. The van der Waals surface area contributed by atoms with Crippen molar-refractivity contribution in [2.45, 2.75) is 39.3 Å². The highest BCUT2D eigenvalue weighted by Crippen LogP contribution is 2.21. The Morgan fingerprint density at radius 3 is 2.92 bits per heavy atom. The van der Waals surface area contributed by atoms with Gasteiger partial charge in [0.05, 0.1) is 12.0 Å². The van der Waals surface area contributed by atoms with Crippen LogP contribution >= 0.6 is 0 Å². The van der Waals surface area contributed by atoms with Gasteiger partial charge in [0.25, 0.3) is 0 Å². The van der Waals surface area contributed by atoms with Crippen molar-refractivity contribution in [1.29, 1.82) is 0 Å². The number of nitrogens with one attached hydrogen (secondary N) is 1. The molecule has 2 heterocycles. The maximum Gasteiger partial charge on any atom is 0.0957 e. The van der Waals surface area contributed by atoms with E-state index in [1.54, 1.807) is 0 Å². The number of nitrogens with zero attached hydrogens (tertiary/aromatic N) is 2. The zero-order chi connectivity index (χ0) is 9.47. The van der Waals surface area contributed by atoms with Gasteiger partial charge in [-0.25, -0.2) is 4.98 Å². The van der Waals surface area contributed by atoms with E-state index >= 15 is 0 Å². The van der Waals surface area contributed by atoms with E-state index in [-0.39, 0.29) is 5.54 Å². The van der Waals surface area contributed by atoms with E-state index in [2.05, 4.69) is 35.6 Å². The standard InChI is InChI=1S/C10H17N3/c1-10(2,3)13-7-12-8-6-11-5-4-9(8)13/h7,11H,4-6H2,1-3H3. The maximum absolute atomic E-state index is 4.42. The Morgan fingerprint density at radius 1 is 1.46 bits per heavy atom. The fraction of sp³-hybridized carbons (Fsp3) is 0.700. The Hall–Kier alpha value is -0.830. The molecular weight excluding hydrogens is 162 g/mol. The number of rotatable bonds is 0. The monoisotopic (exact) mass is 179 g/mol. The molecule has 3 heteroatoms. The topological polar surface area (TPSA) is 29.9 Å². The fourth-order valence-corrected chi connectivity index (χ4v) is 1.81. The van der Waals surface area contributed by atoms with Gasteiger partial charge >= 0.3 is 0 Å². The van der Waals surface area contributed by atoms with E-state index in [0.717, 1.165) is 19.5 Å². The largest absolute Gasteiger partial charge is 0.329 e. The lowest BCUT2D eigenvalue weighted by atomic mass is 10.1. The molecule has 1 aromatic heterocycles. The summed E-state index contributed by atoms with van der Waals surface area (Å²) < 4.78 is 2.29. The highest BCUT2D eigenvalue weighted by atomic mass is 15.1. The van der Waals surface area contributed by atoms with E-state index in [1.165, 1.54) is 11.4 Å². The van der Waals surface area contributed by atoms with Crippen LogP contribution in [-0.2, 0) is 18.5 Å². The Morgan fingerprint density at radius 2 is 2.23 bits per heavy atom. The van der Waals surface area contributed by atoms with Gasteiger partial charge < -0.3 is 9.88 Å². The summed E-state index contributed by atoms with van der Waals surface area (Å²) in [5.74, 6) is 0. The van der Waals surface area contributed by atoms with Crippen LogP contribution in [0.5, 0.6) is 0 Å². The van der Waals surface area contributed by atoms with Crippen LogP contribution in [0.1, 0.15) is 32.2 Å². The molecule has 1 aromatic rings. The summed E-state index contributed by atoms with van der Waals surface area (Å²) in [7, 11) is 0. The predicted octanol–water partition coefficient (Wildman–Crippen LogP) is 1.28. The lowest BCUT2D eigenvalue weighted by Gasteiger charge is -2.25. The van der Waals surface area contributed by atoms with Gasteiger partial charge in [0.1, 0.15) is 0 Å².